The number of hydrogen-bond acceptors (Lipinski definition) is 5. The molecule has 0 bridgehead atoms. The van der Waals surface area contributed by atoms with Crippen LogP contribution in [0.2, 0.25) is 0 Å². The van der Waals surface area contributed by atoms with E-state index in [-0.39, 0.29) is 5.69 Å². The van der Waals surface area contributed by atoms with E-state index in [0.29, 0.717) is 5.56 Å². The van der Waals surface area contributed by atoms with Gasteiger partial charge in [-0.1, -0.05) is 12.2 Å². The average molecular weight is 273 g/mol. The zero-order valence-electron chi connectivity index (χ0n) is 10.2. The molecule has 20 heavy (non-hydrogen) atoms. The second-order valence-corrected chi connectivity index (χ2v) is 4.09. The van der Waals surface area contributed by atoms with E-state index in [1.807, 2.05) is 0 Å². The number of phenolic OH excluding ortho intramolecular Hbond substituents is 3. The molecule has 3 N–H and O–H groups in total. The summed E-state index contributed by atoms with van der Waals surface area (Å²) in [4.78, 5) is 10.0. The van der Waals surface area contributed by atoms with E-state index < -0.39 is 22.2 Å². The first kappa shape index (κ1) is 13.4. The minimum Gasteiger partial charge on any atom is -0.504 e. The van der Waals surface area contributed by atoms with Crippen LogP contribution in [0.15, 0.2) is 36.4 Å². The van der Waals surface area contributed by atoms with Crippen LogP contribution in [0, 0.1) is 10.1 Å². The molecule has 2 aromatic rings. The molecule has 0 unspecified atom stereocenters. The number of nitro groups is 1. The van der Waals surface area contributed by atoms with Crippen molar-refractivity contribution in [1.82, 2.24) is 0 Å². The summed E-state index contributed by atoms with van der Waals surface area (Å²) in [5.41, 5.74) is 1.21. The van der Waals surface area contributed by atoms with Gasteiger partial charge in [0, 0.05) is 12.1 Å². The third kappa shape index (κ3) is 2.86. The molecule has 2 aromatic carbocycles. The third-order valence-electron chi connectivity index (χ3n) is 2.66. The number of aromatic hydroxyl groups is 3. The lowest BCUT2D eigenvalue weighted by Gasteiger charge is -2.02. The molecule has 0 heterocycles. The van der Waals surface area contributed by atoms with Crippen LogP contribution in [-0.4, -0.2) is 20.2 Å². The summed E-state index contributed by atoms with van der Waals surface area (Å²) in [7, 11) is 0. The zero-order valence-corrected chi connectivity index (χ0v) is 10.2. The van der Waals surface area contributed by atoms with E-state index in [9.17, 15) is 25.4 Å². The topological polar surface area (TPSA) is 104 Å². The van der Waals surface area contributed by atoms with Gasteiger partial charge in [0.05, 0.1) is 4.92 Å². The van der Waals surface area contributed by atoms with Crippen molar-refractivity contribution in [3.05, 3.63) is 57.6 Å². The Morgan fingerprint density at radius 1 is 0.900 bits per heavy atom. The molecule has 102 valence electrons. The Bertz CT molecular complexity index is 653. The maximum absolute atomic E-state index is 10.5. The first-order valence-corrected chi connectivity index (χ1v) is 5.65. The molecular weight excluding hydrogens is 262 g/mol. The molecule has 0 aromatic heterocycles. The first-order valence-electron chi connectivity index (χ1n) is 5.65. The van der Waals surface area contributed by atoms with Crippen molar-refractivity contribution < 1.29 is 20.2 Å². The highest BCUT2D eigenvalue weighted by atomic mass is 16.6. The van der Waals surface area contributed by atoms with Gasteiger partial charge in [-0.25, -0.2) is 0 Å². The molecule has 0 spiro atoms. The first-order chi connectivity index (χ1) is 9.47. The molecule has 0 aliphatic heterocycles. The Morgan fingerprint density at radius 2 is 1.40 bits per heavy atom. The Balaban J connectivity index is 2.23. The van der Waals surface area contributed by atoms with Gasteiger partial charge in [-0.05, 0) is 35.4 Å². The van der Waals surface area contributed by atoms with Crippen molar-refractivity contribution in [2.75, 3.05) is 0 Å². The van der Waals surface area contributed by atoms with E-state index in [1.165, 1.54) is 24.3 Å². The summed E-state index contributed by atoms with van der Waals surface area (Å²) in [5.74, 6) is -1.42. The molecule has 0 fully saturated rings. The average Bonchev–Trinajstić information content (AvgIpc) is 2.42. The van der Waals surface area contributed by atoms with Crippen molar-refractivity contribution >= 4 is 17.8 Å². The summed E-state index contributed by atoms with van der Waals surface area (Å²) in [5, 5.41) is 38.4. The smallest absolute Gasteiger partial charge is 0.269 e. The fourth-order valence-corrected chi connectivity index (χ4v) is 1.62. The van der Waals surface area contributed by atoms with Gasteiger partial charge >= 0.3 is 0 Å². The van der Waals surface area contributed by atoms with Crippen molar-refractivity contribution in [3.8, 4) is 17.2 Å². The Hall–Kier alpha value is -3.02. The molecule has 0 radical (unpaired) electrons. The number of benzene rings is 2. The molecule has 2 rings (SSSR count). The Labute approximate surface area is 114 Å². The summed E-state index contributed by atoms with van der Waals surface area (Å²) >= 11 is 0. The number of rotatable bonds is 3. The minimum absolute atomic E-state index is 0.00192. The predicted octanol–water partition coefficient (Wildman–Crippen LogP) is 2.88. The number of nitro benzene ring substituents is 1. The van der Waals surface area contributed by atoms with Crippen LogP contribution >= 0.6 is 0 Å². The second-order valence-electron chi connectivity index (χ2n) is 4.09. The van der Waals surface area contributed by atoms with Crippen LogP contribution < -0.4 is 0 Å². The SMILES string of the molecule is O=[N+]([O-])c1ccc(C=Cc2cc(O)c(O)c(O)c2)cc1. The molecule has 6 heteroatoms. The van der Waals surface area contributed by atoms with Gasteiger partial charge < -0.3 is 15.3 Å². The van der Waals surface area contributed by atoms with Crippen LogP contribution in [0.25, 0.3) is 12.2 Å². The van der Waals surface area contributed by atoms with Crippen molar-refractivity contribution in [1.29, 1.82) is 0 Å². The monoisotopic (exact) mass is 273 g/mol. The number of nitrogens with zero attached hydrogens (tertiary/aromatic N) is 1. The third-order valence-corrected chi connectivity index (χ3v) is 2.66. The lowest BCUT2D eigenvalue weighted by molar-refractivity contribution is -0.384. The van der Waals surface area contributed by atoms with Gasteiger partial charge in [-0.3, -0.25) is 10.1 Å². The standard InChI is InChI=1S/C14H11NO5/c16-12-7-10(8-13(17)14(12)18)2-1-9-3-5-11(6-4-9)15(19)20/h1-8,16-18H. The minimum atomic E-state index is -0.572. The summed E-state index contributed by atoms with van der Waals surface area (Å²) < 4.78 is 0. The van der Waals surface area contributed by atoms with E-state index in [4.69, 9.17) is 0 Å². The van der Waals surface area contributed by atoms with Gasteiger partial charge in [-0.15, -0.1) is 0 Å². The highest BCUT2D eigenvalue weighted by molar-refractivity contribution is 5.72. The van der Waals surface area contributed by atoms with Crippen molar-refractivity contribution in [2.24, 2.45) is 0 Å². The molecule has 0 atom stereocenters. The summed E-state index contributed by atoms with van der Waals surface area (Å²) in [6.45, 7) is 0. The largest absolute Gasteiger partial charge is 0.504 e. The lowest BCUT2D eigenvalue weighted by Crippen LogP contribution is -1.86. The molecular formula is C14H11NO5. The molecule has 0 aliphatic rings. The normalized spacial score (nSPS) is 10.8. The van der Waals surface area contributed by atoms with Gasteiger partial charge in [0.2, 0.25) is 0 Å². The second kappa shape index (κ2) is 5.31. The van der Waals surface area contributed by atoms with Gasteiger partial charge in [0.25, 0.3) is 5.69 Å². The highest BCUT2D eigenvalue weighted by Crippen LogP contribution is 2.35. The van der Waals surface area contributed by atoms with Crippen molar-refractivity contribution in [3.63, 3.8) is 0 Å². The van der Waals surface area contributed by atoms with Gasteiger partial charge in [0.15, 0.2) is 17.2 Å². The maximum atomic E-state index is 10.5. The highest BCUT2D eigenvalue weighted by Gasteiger charge is 2.06. The van der Waals surface area contributed by atoms with E-state index in [0.717, 1.165) is 5.56 Å². The summed E-state index contributed by atoms with van der Waals surface area (Å²) in [6, 6.07) is 8.49. The molecule has 0 saturated carbocycles. The summed E-state index contributed by atoms with van der Waals surface area (Å²) in [6.07, 6.45) is 3.26. The number of non-ortho nitro benzene ring substituents is 1. The van der Waals surface area contributed by atoms with Crippen LogP contribution in [0.3, 0.4) is 0 Å². The predicted molar refractivity (Wildman–Crippen MR) is 73.5 cm³/mol. The van der Waals surface area contributed by atoms with E-state index in [1.54, 1.807) is 24.3 Å². The van der Waals surface area contributed by atoms with Gasteiger partial charge in [0.1, 0.15) is 0 Å². The van der Waals surface area contributed by atoms with E-state index in [2.05, 4.69) is 0 Å². The Kier molecular flexibility index (Phi) is 3.56. The fourth-order valence-electron chi connectivity index (χ4n) is 1.62. The molecule has 0 aliphatic carbocycles. The van der Waals surface area contributed by atoms with Gasteiger partial charge in [-0.2, -0.15) is 0 Å². The maximum Gasteiger partial charge on any atom is 0.269 e. The van der Waals surface area contributed by atoms with Crippen LogP contribution in [0.5, 0.6) is 17.2 Å². The molecule has 0 amide bonds. The number of hydrogen-bond donors (Lipinski definition) is 3. The molecule has 0 saturated heterocycles. The fraction of sp³-hybridized carbons (Fsp3) is 0. The Morgan fingerprint density at radius 3 is 1.90 bits per heavy atom. The quantitative estimate of drug-likeness (QED) is 0.345. The zero-order chi connectivity index (χ0) is 14.7. The van der Waals surface area contributed by atoms with Crippen LogP contribution in [0.1, 0.15) is 11.1 Å². The van der Waals surface area contributed by atoms with Crippen LogP contribution in [0.4, 0.5) is 5.69 Å². The van der Waals surface area contributed by atoms with Crippen molar-refractivity contribution in [2.45, 2.75) is 0 Å². The number of phenols is 3. The van der Waals surface area contributed by atoms with E-state index >= 15 is 0 Å². The van der Waals surface area contributed by atoms with Crippen LogP contribution in [-0.2, 0) is 0 Å². The lowest BCUT2D eigenvalue weighted by atomic mass is 10.1. The molecule has 6 nitrogen and oxygen atoms in total.